The van der Waals surface area contributed by atoms with Crippen LogP contribution < -0.4 is 11.5 Å². The van der Waals surface area contributed by atoms with Gasteiger partial charge < -0.3 is 20.9 Å². The van der Waals surface area contributed by atoms with Gasteiger partial charge >= 0.3 is 11.9 Å². The molecule has 2 aromatic rings. The van der Waals surface area contributed by atoms with Crippen LogP contribution in [-0.2, 0) is 14.3 Å². The number of anilines is 2. The zero-order valence-electron chi connectivity index (χ0n) is 21.6. The first-order valence-electron chi connectivity index (χ1n) is 13.2. The summed E-state index contributed by atoms with van der Waals surface area (Å²) >= 11 is 0. The second-order valence-corrected chi connectivity index (χ2v) is 9.81. The summed E-state index contributed by atoms with van der Waals surface area (Å²) in [6, 6.07) is 12.6. The number of nitrogen functional groups attached to an aromatic ring is 2. The minimum atomic E-state index is -0.417. The number of rotatable bonds is 11. The molecule has 4 N–H and O–H groups in total. The molecular formula is C30H40N2O4. The molecule has 0 amide bonds. The number of esters is 2. The SMILES string of the molecule is CCCCC(COC(=O)/C=C/c1ccc(C(=O)OC2CCC(CC)CC2)cc1)c1cc(N)cc(N)c1. The van der Waals surface area contributed by atoms with Crippen LogP contribution >= 0.6 is 0 Å². The Morgan fingerprint density at radius 1 is 1.00 bits per heavy atom. The molecule has 6 heteroatoms. The number of carbonyl (C=O) groups is 2. The average Bonchev–Trinajstić information content (AvgIpc) is 2.87. The summed E-state index contributed by atoms with van der Waals surface area (Å²) in [5, 5.41) is 0. The Morgan fingerprint density at radius 2 is 1.67 bits per heavy atom. The zero-order chi connectivity index (χ0) is 25.9. The predicted molar refractivity (Wildman–Crippen MR) is 145 cm³/mol. The minimum absolute atomic E-state index is 0.0135. The molecule has 0 heterocycles. The van der Waals surface area contributed by atoms with E-state index in [0.717, 1.165) is 62.0 Å². The van der Waals surface area contributed by atoms with Gasteiger partial charge in [0.05, 0.1) is 12.2 Å². The van der Waals surface area contributed by atoms with Crippen LogP contribution in [0.5, 0.6) is 0 Å². The van der Waals surface area contributed by atoms with Gasteiger partial charge in [0.2, 0.25) is 0 Å². The molecule has 194 valence electrons. The smallest absolute Gasteiger partial charge is 0.338 e. The van der Waals surface area contributed by atoms with Crippen molar-refractivity contribution >= 4 is 29.4 Å². The molecule has 2 aromatic carbocycles. The van der Waals surface area contributed by atoms with Crippen molar-refractivity contribution in [2.24, 2.45) is 5.92 Å². The lowest BCUT2D eigenvalue weighted by atomic mass is 9.86. The molecule has 0 spiro atoms. The lowest BCUT2D eigenvalue weighted by Gasteiger charge is -2.27. The summed E-state index contributed by atoms with van der Waals surface area (Å²) in [5.74, 6) is 0.0935. The van der Waals surface area contributed by atoms with Gasteiger partial charge in [-0.3, -0.25) is 0 Å². The Labute approximate surface area is 215 Å². The van der Waals surface area contributed by atoms with Gasteiger partial charge in [-0.15, -0.1) is 0 Å². The standard InChI is InChI=1S/C30H40N2O4/c1-3-5-6-24(25-17-26(31)19-27(32)18-25)20-35-29(33)16-11-22-7-12-23(13-8-22)30(34)36-28-14-9-21(4-2)10-15-28/h7-8,11-13,16-19,21,24,28H,3-6,9-10,14-15,20,31-32H2,1-2H3/b16-11+. The molecule has 1 saturated carbocycles. The van der Waals surface area contributed by atoms with Crippen LogP contribution in [-0.4, -0.2) is 24.6 Å². The number of carbonyl (C=O) groups excluding carboxylic acids is 2. The second-order valence-electron chi connectivity index (χ2n) is 9.81. The molecule has 6 nitrogen and oxygen atoms in total. The number of unbranched alkanes of at least 4 members (excludes halogenated alkanes) is 1. The molecule has 1 aliphatic rings. The minimum Gasteiger partial charge on any atom is -0.462 e. The lowest BCUT2D eigenvalue weighted by Crippen LogP contribution is -2.24. The summed E-state index contributed by atoms with van der Waals surface area (Å²) in [7, 11) is 0. The predicted octanol–water partition coefficient (Wildman–Crippen LogP) is 6.51. The summed E-state index contributed by atoms with van der Waals surface area (Å²) in [6.07, 6.45) is 11.4. The van der Waals surface area contributed by atoms with Gasteiger partial charge in [-0.1, -0.05) is 45.2 Å². The van der Waals surface area contributed by atoms with Crippen molar-refractivity contribution in [3.8, 4) is 0 Å². The molecule has 1 aliphatic carbocycles. The average molecular weight is 493 g/mol. The first kappa shape index (κ1) is 27.3. The van der Waals surface area contributed by atoms with Crippen LogP contribution in [0, 0.1) is 5.92 Å². The maximum Gasteiger partial charge on any atom is 0.338 e. The van der Waals surface area contributed by atoms with Crippen LogP contribution in [0.4, 0.5) is 11.4 Å². The van der Waals surface area contributed by atoms with Gasteiger partial charge in [0, 0.05) is 23.4 Å². The van der Waals surface area contributed by atoms with Crippen molar-refractivity contribution in [3.63, 3.8) is 0 Å². The fourth-order valence-corrected chi connectivity index (χ4v) is 4.74. The Hall–Kier alpha value is -3.28. The number of hydrogen-bond acceptors (Lipinski definition) is 6. The first-order valence-corrected chi connectivity index (χ1v) is 13.2. The molecule has 0 bridgehead atoms. The van der Waals surface area contributed by atoms with E-state index in [-0.39, 0.29) is 24.6 Å². The topological polar surface area (TPSA) is 105 Å². The summed E-state index contributed by atoms with van der Waals surface area (Å²) < 4.78 is 11.2. The van der Waals surface area contributed by atoms with Crippen molar-refractivity contribution in [3.05, 3.63) is 65.2 Å². The fraction of sp³-hybridized carbons (Fsp3) is 0.467. The highest BCUT2D eigenvalue weighted by atomic mass is 16.5. The fourth-order valence-electron chi connectivity index (χ4n) is 4.74. The van der Waals surface area contributed by atoms with Gasteiger partial charge in [-0.2, -0.15) is 0 Å². The van der Waals surface area contributed by atoms with E-state index in [1.54, 1.807) is 36.4 Å². The van der Waals surface area contributed by atoms with Crippen LogP contribution in [0.15, 0.2) is 48.5 Å². The monoisotopic (exact) mass is 492 g/mol. The third kappa shape index (κ3) is 8.43. The van der Waals surface area contributed by atoms with Crippen LogP contribution in [0.1, 0.15) is 92.6 Å². The number of benzene rings is 2. The van der Waals surface area contributed by atoms with Crippen molar-refractivity contribution in [1.82, 2.24) is 0 Å². The highest BCUT2D eigenvalue weighted by Crippen LogP contribution is 2.29. The van der Waals surface area contributed by atoms with Gasteiger partial charge in [-0.05, 0) is 85.6 Å². The van der Waals surface area contributed by atoms with Crippen molar-refractivity contribution in [1.29, 1.82) is 0 Å². The molecule has 0 saturated heterocycles. The third-order valence-electron chi connectivity index (χ3n) is 7.01. The highest BCUT2D eigenvalue weighted by molar-refractivity contribution is 5.90. The Kier molecular flexibility index (Phi) is 10.4. The first-order chi connectivity index (χ1) is 17.4. The van der Waals surface area contributed by atoms with E-state index < -0.39 is 5.97 Å². The Morgan fingerprint density at radius 3 is 2.28 bits per heavy atom. The number of nitrogens with two attached hydrogens (primary N) is 2. The van der Waals surface area contributed by atoms with E-state index in [9.17, 15) is 9.59 Å². The van der Waals surface area contributed by atoms with Gasteiger partial charge in [0.15, 0.2) is 0 Å². The van der Waals surface area contributed by atoms with Crippen molar-refractivity contribution < 1.29 is 19.1 Å². The zero-order valence-corrected chi connectivity index (χ0v) is 21.6. The van der Waals surface area contributed by atoms with E-state index in [4.69, 9.17) is 20.9 Å². The van der Waals surface area contributed by atoms with E-state index in [2.05, 4.69) is 13.8 Å². The van der Waals surface area contributed by atoms with Crippen LogP contribution in [0.25, 0.3) is 6.08 Å². The Bertz CT molecular complexity index is 1000. The Balaban J connectivity index is 1.50. The molecule has 3 rings (SSSR count). The van der Waals surface area contributed by atoms with E-state index in [0.29, 0.717) is 16.9 Å². The highest BCUT2D eigenvalue weighted by Gasteiger charge is 2.23. The molecular weight excluding hydrogens is 452 g/mol. The second kappa shape index (κ2) is 13.7. The molecule has 1 unspecified atom stereocenters. The molecule has 36 heavy (non-hydrogen) atoms. The van der Waals surface area contributed by atoms with Gasteiger partial charge in [0.25, 0.3) is 0 Å². The van der Waals surface area contributed by atoms with Crippen molar-refractivity contribution in [2.45, 2.75) is 77.2 Å². The van der Waals surface area contributed by atoms with E-state index in [1.807, 2.05) is 12.1 Å². The number of hydrogen-bond donors (Lipinski definition) is 2. The van der Waals surface area contributed by atoms with Gasteiger partial charge in [0.1, 0.15) is 6.10 Å². The summed E-state index contributed by atoms with van der Waals surface area (Å²) in [6.45, 7) is 4.61. The lowest BCUT2D eigenvalue weighted by molar-refractivity contribution is -0.138. The van der Waals surface area contributed by atoms with Crippen molar-refractivity contribution in [2.75, 3.05) is 18.1 Å². The molecule has 0 aliphatic heterocycles. The van der Waals surface area contributed by atoms with Gasteiger partial charge in [-0.25, -0.2) is 9.59 Å². The van der Waals surface area contributed by atoms with E-state index in [1.165, 1.54) is 12.5 Å². The molecule has 1 atom stereocenters. The van der Waals surface area contributed by atoms with Crippen LogP contribution in [0.3, 0.4) is 0 Å². The normalized spacial score (nSPS) is 18.6. The largest absolute Gasteiger partial charge is 0.462 e. The maximum absolute atomic E-state index is 12.5. The molecule has 0 radical (unpaired) electrons. The number of ether oxygens (including phenoxy) is 2. The summed E-state index contributed by atoms with van der Waals surface area (Å²) in [4.78, 5) is 24.9. The molecule has 0 aromatic heterocycles. The van der Waals surface area contributed by atoms with Crippen LogP contribution in [0.2, 0.25) is 0 Å². The third-order valence-corrected chi connectivity index (χ3v) is 7.01. The molecule has 1 fully saturated rings. The summed E-state index contributed by atoms with van der Waals surface area (Å²) in [5.41, 5.74) is 15.4. The quantitative estimate of drug-likeness (QED) is 0.211. The van der Waals surface area contributed by atoms with E-state index >= 15 is 0 Å². The maximum atomic E-state index is 12.5.